The number of methoxy groups -OCH3 is 1. The van der Waals surface area contributed by atoms with Gasteiger partial charge in [0.15, 0.2) is 5.37 Å². The summed E-state index contributed by atoms with van der Waals surface area (Å²) in [6.45, 7) is 0.404. The molecule has 0 N–H and O–H groups in total. The van der Waals surface area contributed by atoms with E-state index in [9.17, 15) is 14.4 Å². The van der Waals surface area contributed by atoms with Crippen molar-refractivity contribution in [3.63, 3.8) is 0 Å². The zero-order chi connectivity index (χ0) is 15.7. The zero-order valence-electron chi connectivity index (χ0n) is 12.1. The maximum atomic E-state index is 12.6. The van der Waals surface area contributed by atoms with Crippen LogP contribution in [0.5, 0.6) is 0 Å². The van der Waals surface area contributed by atoms with Gasteiger partial charge in [-0.15, -0.1) is 11.8 Å². The summed E-state index contributed by atoms with van der Waals surface area (Å²) in [6, 6.07) is 8.98. The molecule has 2 aliphatic rings. The third-order valence-corrected chi connectivity index (χ3v) is 5.07. The summed E-state index contributed by atoms with van der Waals surface area (Å²) in [5.41, 5.74) is 0.979. The van der Waals surface area contributed by atoms with Gasteiger partial charge in [-0.25, -0.2) is 4.79 Å². The zero-order valence-corrected chi connectivity index (χ0v) is 12.9. The lowest BCUT2D eigenvalue weighted by atomic mass is 10.1. The van der Waals surface area contributed by atoms with E-state index in [1.54, 1.807) is 4.90 Å². The molecule has 1 aromatic carbocycles. The van der Waals surface area contributed by atoms with Gasteiger partial charge in [-0.05, 0) is 5.56 Å². The minimum Gasteiger partial charge on any atom is -0.467 e. The largest absolute Gasteiger partial charge is 0.467 e. The van der Waals surface area contributed by atoms with E-state index in [0.717, 1.165) is 5.56 Å². The lowest BCUT2D eigenvalue weighted by molar-refractivity contribution is -0.160. The van der Waals surface area contributed by atoms with Gasteiger partial charge in [0, 0.05) is 12.3 Å². The number of carbonyl (C=O) groups is 3. The van der Waals surface area contributed by atoms with Crippen molar-refractivity contribution in [1.82, 2.24) is 9.80 Å². The van der Waals surface area contributed by atoms with Gasteiger partial charge in [0.1, 0.15) is 12.6 Å². The Bertz CT molecular complexity index is 607. The second kappa shape index (κ2) is 6.00. The number of carbonyl (C=O) groups excluding carboxylic acids is 3. The summed E-state index contributed by atoms with van der Waals surface area (Å²) in [6.07, 6.45) is 0. The number of esters is 1. The Kier molecular flexibility index (Phi) is 4.06. The van der Waals surface area contributed by atoms with E-state index in [0.29, 0.717) is 12.3 Å². The monoisotopic (exact) mass is 320 g/mol. The molecule has 22 heavy (non-hydrogen) atoms. The van der Waals surface area contributed by atoms with Crippen LogP contribution >= 0.6 is 11.8 Å². The smallest absolute Gasteiger partial charge is 0.339 e. The maximum absolute atomic E-state index is 12.6. The second-order valence-corrected chi connectivity index (χ2v) is 6.32. The van der Waals surface area contributed by atoms with Crippen LogP contribution in [0.25, 0.3) is 0 Å². The van der Waals surface area contributed by atoms with Crippen LogP contribution in [-0.2, 0) is 25.7 Å². The first kappa shape index (κ1) is 14.9. The lowest BCUT2D eigenvalue weighted by Crippen LogP contribution is -2.60. The molecule has 0 spiro atoms. The SMILES string of the molecule is COC(=O)[C@@H]1SC[C@H]2C(=O)N(Cc3ccccc3)CC(=O)N21. The van der Waals surface area contributed by atoms with E-state index < -0.39 is 17.4 Å². The number of benzene rings is 1. The molecule has 0 aliphatic carbocycles. The minimum absolute atomic E-state index is 0.00170. The standard InChI is InChI=1S/C15H16N2O4S/c1-21-15(20)14-17-11(9-22-14)13(19)16(8-12(17)18)7-10-5-3-2-4-6-10/h2-6,11,14H,7-9H2,1H3/t11-,14-/m0/s1. The lowest BCUT2D eigenvalue weighted by Gasteiger charge is -2.37. The van der Waals surface area contributed by atoms with Crippen molar-refractivity contribution in [2.45, 2.75) is 18.0 Å². The molecule has 116 valence electrons. The number of fused-ring (bicyclic) bond motifs is 1. The first-order valence-corrected chi connectivity index (χ1v) is 8.00. The Hall–Kier alpha value is -2.02. The molecule has 2 aliphatic heterocycles. The number of amides is 2. The summed E-state index contributed by atoms with van der Waals surface area (Å²) in [4.78, 5) is 39.6. The number of piperazine rings is 1. The normalized spacial score (nSPS) is 24.4. The van der Waals surface area contributed by atoms with E-state index in [2.05, 4.69) is 0 Å². The van der Waals surface area contributed by atoms with Crippen molar-refractivity contribution in [2.75, 3.05) is 19.4 Å². The van der Waals surface area contributed by atoms with E-state index in [4.69, 9.17) is 4.74 Å². The average Bonchev–Trinajstić information content (AvgIpc) is 2.98. The van der Waals surface area contributed by atoms with Gasteiger partial charge in [-0.2, -0.15) is 0 Å². The van der Waals surface area contributed by atoms with Gasteiger partial charge in [-0.1, -0.05) is 30.3 Å². The maximum Gasteiger partial charge on any atom is 0.339 e. The van der Waals surface area contributed by atoms with Crippen molar-refractivity contribution in [1.29, 1.82) is 0 Å². The Balaban J connectivity index is 1.77. The van der Waals surface area contributed by atoms with Crippen LogP contribution in [0.3, 0.4) is 0 Å². The van der Waals surface area contributed by atoms with Crippen LogP contribution < -0.4 is 0 Å². The van der Waals surface area contributed by atoms with Crippen LogP contribution in [0.1, 0.15) is 5.56 Å². The quantitative estimate of drug-likeness (QED) is 0.758. The Morgan fingerprint density at radius 2 is 2.05 bits per heavy atom. The Labute approximate surface area is 132 Å². The summed E-state index contributed by atoms with van der Waals surface area (Å²) in [7, 11) is 1.29. The summed E-state index contributed by atoms with van der Waals surface area (Å²) >= 11 is 1.28. The van der Waals surface area contributed by atoms with Gasteiger partial charge < -0.3 is 14.5 Å². The molecule has 7 heteroatoms. The minimum atomic E-state index is -0.703. The number of ether oxygens (including phenoxy) is 1. The molecule has 0 unspecified atom stereocenters. The number of hydrogen-bond donors (Lipinski definition) is 0. The first-order chi connectivity index (χ1) is 10.6. The molecule has 6 nitrogen and oxygen atoms in total. The molecule has 2 amide bonds. The second-order valence-electron chi connectivity index (χ2n) is 5.21. The van der Waals surface area contributed by atoms with Crippen molar-refractivity contribution >= 4 is 29.5 Å². The predicted molar refractivity (Wildman–Crippen MR) is 80.8 cm³/mol. The van der Waals surface area contributed by atoms with Gasteiger partial charge >= 0.3 is 5.97 Å². The summed E-state index contributed by atoms with van der Waals surface area (Å²) in [5, 5.41) is -0.703. The fourth-order valence-electron chi connectivity index (χ4n) is 2.75. The molecule has 2 heterocycles. The Morgan fingerprint density at radius 3 is 2.73 bits per heavy atom. The van der Waals surface area contributed by atoms with Gasteiger partial charge in [0.05, 0.1) is 7.11 Å². The molecular formula is C15H16N2O4S. The number of nitrogens with zero attached hydrogens (tertiary/aromatic N) is 2. The Morgan fingerprint density at radius 1 is 1.32 bits per heavy atom. The molecule has 2 atom stereocenters. The van der Waals surface area contributed by atoms with Crippen molar-refractivity contribution in [3.05, 3.63) is 35.9 Å². The van der Waals surface area contributed by atoms with Crippen molar-refractivity contribution in [2.24, 2.45) is 0 Å². The molecule has 0 radical (unpaired) electrons. The molecule has 1 aromatic rings. The molecular weight excluding hydrogens is 304 g/mol. The molecule has 0 bridgehead atoms. The van der Waals surface area contributed by atoms with E-state index >= 15 is 0 Å². The average molecular weight is 320 g/mol. The summed E-state index contributed by atoms with van der Waals surface area (Å²) < 4.78 is 4.71. The van der Waals surface area contributed by atoms with Crippen LogP contribution in [0.4, 0.5) is 0 Å². The molecule has 2 fully saturated rings. The fraction of sp³-hybridized carbons (Fsp3) is 0.400. The van der Waals surface area contributed by atoms with Crippen molar-refractivity contribution in [3.8, 4) is 0 Å². The highest BCUT2D eigenvalue weighted by Crippen LogP contribution is 2.33. The highest BCUT2D eigenvalue weighted by molar-refractivity contribution is 8.00. The van der Waals surface area contributed by atoms with Gasteiger partial charge in [-0.3, -0.25) is 9.59 Å². The van der Waals surface area contributed by atoms with Gasteiger partial charge in [0.2, 0.25) is 11.8 Å². The number of thioether (sulfide) groups is 1. The topological polar surface area (TPSA) is 66.9 Å². The van der Waals surface area contributed by atoms with E-state index in [1.165, 1.54) is 23.8 Å². The first-order valence-electron chi connectivity index (χ1n) is 6.95. The van der Waals surface area contributed by atoms with E-state index in [1.807, 2.05) is 30.3 Å². The molecule has 0 saturated carbocycles. The number of rotatable bonds is 3. The highest BCUT2D eigenvalue weighted by Gasteiger charge is 2.50. The molecule has 3 rings (SSSR count). The van der Waals surface area contributed by atoms with E-state index in [-0.39, 0.29) is 18.4 Å². The molecule has 0 aromatic heterocycles. The van der Waals surface area contributed by atoms with Gasteiger partial charge in [0.25, 0.3) is 0 Å². The molecule has 2 saturated heterocycles. The van der Waals surface area contributed by atoms with Crippen LogP contribution in [0.15, 0.2) is 30.3 Å². The highest BCUT2D eigenvalue weighted by atomic mass is 32.2. The predicted octanol–water partition coefficient (Wildman–Crippen LogP) is 0.472. The summed E-state index contributed by atoms with van der Waals surface area (Å²) in [5.74, 6) is -0.372. The fourth-order valence-corrected chi connectivity index (χ4v) is 4.08. The third-order valence-electron chi connectivity index (χ3n) is 3.83. The van der Waals surface area contributed by atoms with Crippen LogP contribution in [0, 0.1) is 0 Å². The van der Waals surface area contributed by atoms with Crippen molar-refractivity contribution < 1.29 is 19.1 Å². The van der Waals surface area contributed by atoms with Crippen LogP contribution in [0.2, 0.25) is 0 Å². The van der Waals surface area contributed by atoms with Crippen LogP contribution in [-0.4, -0.2) is 58.4 Å². The number of hydrogen-bond acceptors (Lipinski definition) is 5. The third kappa shape index (κ3) is 2.56.